The number of ether oxygens (including phenoxy) is 5. The third-order valence-electron chi connectivity index (χ3n) is 6.70. The summed E-state index contributed by atoms with van der Waals surface area (Å²) in [5, 5.41) is 0. The van der Waals surface area contributed by atoms with Crippen molar-refractivity contribution in [3.05, 3.63) is 40.7 Å². The van der Waals surface area contributed by atoms with Crippen LogP contribution < -0.4 is 14.2 Å². The Labute approximate surface area is 199 Å². The van der Waals surface area contributed by atoms with Crippen molar-refractivity contribution < 1.29 is 38.1 Å². The molecule has 1 aromatic rings. The number of allylic oxidation sites excluding steroid dienone is 4. The minimum Gasteiger partial charge on any atom is -0.493 e. The van der Waals surface area contributed by atoms with E-state index in [-0.39, 0.29) is 23.6 Å². The summed E-state index contributed by atoms with van der Waals surface area (Å²) in [5.74, 6) is -1.46. The molecule has 0 saturated carbocycles. The van der Waals surface area contributed by atoms with Crippen molar-refractivity contribution in [1.82, 2.24) is 0 Å². The first-order valence-corrected chi connectivity index (χ1v) is 11.1. The zero-order valence-electron chi connectivity index (χ0n) is 20.9. The third kappa shape index (κ3) is 4.17. The lowest BCUT2D eigenvalue weighted by atomic mass is 9.64. The fourth-order valence-electron chi connectivity index (χ4n) is 4.72. The van der Waals surface area contributed by atoms with E-state index in [0.717, 1.165) is 11.1 Å². The Morgan fingerprint density at radius 3 is 2.18 bits per heavy atom. The SMILES string of the molecule is COC1=CC([C@@H]2c3c(cc(OC)c(OC)c3OC)C[C@](C)(OC(=O)C(C)C)[C@H]2C)=CC(=O)C1=O. The second kappa shape index (κ2) is 9.52. The van der Waals surface area contributed by atoms with Gasteiger partial charge in [0.2, 0.25) is 11.5 Å². The summed E-state index contributed by atoms with van der Waals surface area (Å²) in [4.78, 5) is 37.4. The molecule has 3 rings (SSSR count). The molecule has 1 aromatic carbocycles. The van der Waals surface area contributed by atoms with Gasteiger partial charge in [-0.1, -0.05) is 20.8 Å². The predicted octanol–water partition coefficient (Wildman–Crippen LogP) is 3.55. The molecule has 2 aliphatic rings. The first-order chi connectivity index (χ1) is 16.0. The normalized spacial score (nSPS) is 24.1. The quantitative estimate of drug-likeness (QED) is 0.338. The maximum Gasteiger partial charge on any atom is 0.308 e. The molecular weight excluding hydrogens is 440 g/mol. The lowest BCUT2D eigenvalue weighted by molar-refractivity contribution is -0.168. The van der Waals surface area contributed by atoms with Gasteiger partial charge in [0.15, 0.2) is 17.3 Å². The summed E-state index contributed by atoms with van der Waals surface area (Å²) in [6, 6.07) is 1.84. The van der Waals surface area contributed by atoms with E-state index < -0.39 is 23.1 Å². The van der Waals surface area contributed by atoms with Crippen LogP contribution in [0.4, 0.5) is 0 Å². The van der Waals surface area contributed by atoms with Crippen LogP contribution in [0.2, 0.25) is 0 Å². The molecule has 0 radical (unpaired) electrons. The molecule has 8 heteroatoms. The van der Waals surface area contributed by atoms with Crippen LogP contribution in [-0.2, 0) is 30.3 Å². The molecule has 0 bridgehead atoms. The number of carbonyl (C=O) groups excluding carboxylic acids is 3. The summed E-state index contributed by atoms with van der Waals surface area (Å²) in [6.45, 7) is 7.40. The zero-order valence-corrected chi connectivity index (χ0v) is 20.9. The number of hydrogen-bond donors (Lipinski definition) is 0. The van der Waals surface area contributed by atoms with Crippen LogP contribution in [0.1, 0.15) is 44.7 Å². The van der Waals surface area contributed by atoms with Gasteiger partial charge in [-0.15, -0.1) is 0 Å². The second-order valence-electron chi connectivity index (χ2n) is 9.10. The maximum absolute atomic E-state index is 12.7. The Morgan fingerprint density at radius 2 is 1.65 bits per heavy atom. The summed E-state index contributed by atoms with van der Waals surface area (Å²) < 4.78 is 28.2. The van der Waals surface area contributed by atoms with Crippen molar-refractivity contribution >= 4 is 17.5 Å². The molecule has 0 fully saturated rings. The van der Waals surface area contributed by atoms with Gasteiger partial charge >= 0.3 is 5.97 Å². The highest BCUT2D eigenvalue weighted by molar-refractivity contribution is 6.47. The molecule has 184 valence electrons. The van der Waals surface area contributed by atoms with Gasteiger partial charge in [0.05, 0.1) is 34.4 Å². The average Bonchev–Trinajstić information content (AvgIpc) is 2.80. The first kappa shape index (κ1) is 25.3. The predicted molar refractivity (Wildman–Crippen MR) is 124 cm³/mol. The Morgan fingerprint density at radius 1 is 1.00 bits per heavy atom. The molecule has 3 atom stereocenters. The minimum atomic E-state index is -0.907. The molecule has 0 aromatic heterocycles. The van der Waals surface area contributed by atoms with Crippen molar-refractivity contribution in [3.63, 3.8) is 0 Å². The molecule has 0 amide bonds. The topological polar surface area (TPSA) is 97.4 Å². The monoisotopic (exact) mass is 472 g/mol. The van der Waals surface area contributed by atoms with Gasteiger partial charge < -0.3 is 23.7 Å². The van der Waals surface area contributed by atoms with Crippen molar-refractivity contribution in [2.75, 3.05) is 28.4 Å². The van der Waals surface area contributed by atoms with Crippen LogP contribution >= 0.6 is 0 Å². The van der Waals surface area contributed by atoms with Crippen LogP contribution in [-0.4, -0.2) is 51.6 Å². The molecule has 0 aliphatic heterocycles. The lowest BCUT2D eigenvalue weighted by Crippen LogP contribution is -2.48. The third-order valence-corrected chi connectivity index (χ3v) is 6.70. The second-order valence-corrected chi connectivity index (χ2v) is 9.10. The molecule has 2 aliphatic carbocycles. The fraction of sp³-hybridized carbons (Fsp3) is 0.500. The van der Waals surface area contributed by atoms with Gasteiger partial charge in [0, 0.05) is 23.8 Å². The molecule has 0 N–H and O–H groups in total. The Balaban J connectivity index is 2.32. The number of benzene rings is 1. The molecule has 8 nitrogen and oxygen atoms in total. The van der Waals surface area contributed by atoms with Crippen molar-refractivity contribution in [1.29, 1.82) is 0 Å². The fourth-order valence-corrected chi connectivity index (χ4v) is 4.72. The van der Waals surface area contributed by atoms with Gasteiger partial charge in [-0.25, -0.2) is 0 Å². The molecule has 0 saturated heterocycles. The number of esters is 1. The number of ketones is 2. The van der Waals surface area contributed by atoms with Gasteiger partial charge in [0.25, 0.3) is 5.78 Å². The van der Waals surface area contributed by atoms with E-state index in [0.29, 0.717) is 29.2 Å². The number of fused-ring (bicyclic) bond motifs is 1. The molecule has 0 unspecified atom stereocenters. The molecular formula is C26H32O8. The number of hydrogen-bond acceptors (Lipinski definition) is 8. The Hall–Kier alpha value is -3.29. The van der Waals surface area contributed by atoms with Crippen LogP contribution in [0.25, 0.3) is 0 Å². The van der Waals surface area contributed by atoms with E-state index in [1.54, 1.807) is 19.9 Å². The Kier molecular flexibility index (Phi) is 7.10. The van der Waals surface area contributed by atoms with E-state index >= 15 is 0 Å². The summed E-state index contributed by atoms with van der Waals surface area (Å²) >= 11 is 0. The van der Waals surface area contributed by atoms with Gasteiger partial charge in [-0.3, -0.25) is 14.4 Å². The van der Waals surface area contributed by atoms with Crippen LogP contribution in [0, 0.1) is 11.8 Å². The van der Waals surface area contributed by atoms with E-state index in [4.69, 9.17) is 23.7 Å². The standard InChI is InChI=1S/C26H32O8/c1-13(2)25(29)34-26(4)12-16-11-19(31-6)23(32-7)24(33-8)21(16)20(14(26)3)15-9-17(27)22(28)18(10-15)30-5/h9-11,13-14,20H,12H2,1-8H3/t14-,20+,26-/m0/s1. The average molecular weight is 473 g/mol. The first-order valence-electron chi connectivity index (χ1n) is 11.1. The summed E-state index contributed by atoms with van der Waals surface area (Å²) in [5.41, 5.74) is 1.27. The van der Waals surface area contributed by atoms with Crippen LogP contribution in [0.5, 0.6) is 17.2 Å². The van der Waals surface area contributed by atoms with Crippen molar-refractivity contribution in [3.8, 4) is 17.2 Å². The van der Waals surface area contributed by atoms with E-state index in [2.05, 4.69) is 0 Å². The zero-order chi connectivity index (χ0) is 25.4. The van der Waals surface area contributed by atoms with Gasteiger partial charge in [-0.2, -0.15) is 0 Å². The summed E-state index contributed by atoms with van der Waals surface area (Å²) in [6.07, 6.45) is 3.29. The van der Waals surface area contributed by atoms with Gasteiger partial charge in [-0.05, 0) is 36.3 Å². The largest absolute Gasteiger partial charge is 0.493 e. The highest BCUT2D eigenvalue weighted by Crippen LogP contribution is 2.55. The number of methoxy groups -OCH3 is 4. The van der Waals surface area contributed by atoms with Crippen LogP contribution in [0.15, 0.2) is 29.6 Å². The Bertz CT molecular complexity index is 1080. The minimum absolute atomic E-state index is 0.0397. The lowest BCUT2D eigenvalue weighted by Gasteiger charge is -2.46. The molecule has 0 spiro atoms. The number of carbonyl (C=O) groups is 3. The van der Waals surface area contributed by atoms with Crippen LogP contribution in [0.3, 0.4) is 0 Å². The smallest absolute Gasteiger partial charge is 0.308 e. The number of Topliss-reactive ketones (excluding diaryl/α,β-unsaturated/α-hetero) is 1. The van der Waals surface area contributed by atoms with Gasteiger partial charge in [0.1, 0.15) is 5.60 Å². The molecule has 34 heavy (non-hydrogen) atoms. The van der Waals surface area contributed by atoms with E-state index in [9.17, 15) is 14.4 Å². The van der Waals surface area contributed by atoms with E-state index in [1.807, 2.05) is 19.9 Å². The number of rotatable bonds is 7. The van der Waals surface area contributed by atoms with E-state index in [1.165, 1.54) is 34.5 Å². The highest BCUT2D eigenvalue weighted by atomic mass is 16.6. The van der Waals surface area contributed by atoms with Crippen molar-refractivity contribution in [2.24, 2.45) is 11.8 Å². The maximum atomic E-state index is 12.7. The van der Waals surface area contributed by atoms with Crippen molar-refractivity contribution in [2.45, 2.75) is 45.6 Å². The summed E-state index contributed by atoms with van der Waals surface area (Å²) in [7, 11) is 5.94. The highest BCUT2D eigenvalue weighted by Gasteiger charge is 2.49. The molecule has 0 heterocycles.